The van der Waals surface area contributed by atoms with Crippen LogP contribution in [-0.4, -0.2) is 22.2 Å². The third-order valence-corrected chi connectivity index (χ3v) is 9.99. The standard InChI is InChI=1S/2C22H44O2.Ag/c2*1-2-3-4-5-6-7-8-9-10-11-12-13-14-15-16-17-18-19-20-21-22(23)24;/h2*2-21H2,1H3,(H,23,24);. The van der Waals surface area contributed by atoms with Crippen molar-refractivity contribution in [3.63, 3.8) is 0 Å². The predicted molar refractivity (Wildman–Crippen MR) is 211 cm³/mol. The van der Waals surface area contributed by atoms with Crippen molar-refractivity contribution in [3.05, 3.63) is 0 Å². The summed E-state index contributed by atoms with van der Waals surface area (Å²) in [6.45, 7) is 4.57. The molecule has 0 saturated heterocycles. The largest absolute Gasteiger partial charge is 0.481 e. The molecule has 0 atom stereocenters. The summed E-state index contributed by atoms with van der Waals surface area (Å²) in [6, 6.07) is 0. The molecule has 4 nitrogen and oxygen atoms in total. The molecule has 0 bridgehead atoms. The zero-order chi connectivity index (χ0) is 35.4. The van der Waals surface area contributed by atoms with Crippen molar-refractivity contribution >= 4 is 11.9 Å². The maximum absolute atomic E-state index is 10.4. The zero-order valence-electron chi connectivity index (χ0n) is 33.3. The van der Waals surface area contributed by atoms with Crippen LogP contribution in [0.25, 0.3) is 0 Å². The fourth-order valence-electron chi connectivity index (χ4n) is 6.71. The Morgan fingerprint density at radius 1 is 0.265 bits per heavy atom. The van der Waals surface area contributed by atoms with Crippen molar-refractivity contribution in [1.29, 1.82) is 0 Å². The van der Waals surface area contributed by atoms with E-state index in [1.54, 1.807) is 0 Å². The van der Waals surface area contributed by atoms with Crippen LogP contribution in [0.4, 0.5) is 0 Å². The van der Waals surface area contributed by atoms with E-state index in [0.717, 1.165) is 25.7 Å². The first kappa shape index (κ1) is 53.0. The zero-order valence-corrected chi connectivity index (χ0v) is 34.8. The molecule has 0 heterocycles. The van der Waals surface area contributed by atoms with Crippen LogP contribution in [0.5, 0.6) is 0 Å². The molecule has 0 aliphatic carbocycles. The number of carboxylic acids is 2. The molecule has 5 heteroatoms. The molecule has 0 aliphatic heterocycles. The quantitative estimate of drug-likeness (QED) is 0.0479. The monoisotopic (exact) mass is 788 g/mol. The normalized spacial score (nSPS) is 10.8. The van der Waals surface area contributed by atoms with E-state index in [4.69, 9.17) is 10.2 Å². The van der Waals surface area contributed by atoms with E-state index < -0.39 is 11.9 Å². The van der Waals surface area contributed by atoms with Crippen LogP contribution in [0, 0.1) is 0 Å². The molecule has 0 spiro atoms. The van der Waals surface area contributed by atoms with Crippen molar-refractivity contribution in [3.8, 4) is 0 Å². The van der Waals surface area contributed by atoms with Gasteiger partial charge in [-0.2, -0.15) is 0 Å². The van der Waals surface area contributed by atoms with Gasteiger partial charge in [-0.15, -0.1) is 0 Å². The summed E-state index contributed by atoms with van der Waals surface area (Å²) < 4.78 is 0. The minimum Gasteiger partial charge on any atom is -0.481 e. The Labute approximate surface area is 323 Å². The summed E-state index contributed by atoms with van der Waals surface area (Å²) in [5.41, 5.74) is 0. The van der Waals surface area contributed by atoms with E-state index in [2.05, 4.69) is 13.8 Å². The SMILES string of the molecule is CCCCCCCCCCCCCCCCCCCCCC(=O)O.CCCCCCCCCCCCCCCCCCCCCC(=O)O.[Ag]. The van der Waals surface area contributed by atoms with Crippen LogP contribution in [0.3, 0.4) is 0 Å². The Kier molecular flexibility index (Phi) is 53.9. The molecular formula is C44H88AgO4. The molecule has 0 fully saturated rings. The van der Waals surface area contributed by atoms with E-state index in [-0.39, 0.29) is 22.4 Å². The first-order chi connectivity index (χ1) is 23.5. The van der Waals surface area contributed by atoms with Crippen molar-refractivity contribution in [1.82, 2.24) is 0 Å². The molecule has 49 heavy (non-hydrogen) atoms. The summed E-state index contributed by atoms with van der Waals surface area (Å²) in [4.78, 5) is 20.8. The Bertz CT molecular complexity index is 560. The molecule has 0 aromatic carbocycles. The topological polar surface area (TPSA) is 74.6 Å². The van der Waals surface area contributed by atoms with Crippen molar-refractivity contribution < 1.29 is 42.2 Å². The van der Waals surface area contributed by atoms with Crippen LogP contribution >= 0.6 is 0 Å². The summed E-state index contributed by atoms with van der Waals surface area (Å²) >= 11 is 0. The van der Waals surface area contributed by atoms with Gasteiger partial charge in [-0.1, -0.05) is 245 Å². The molecule has 2 N–H and O–H groups in total. The van der Waals surface area contributed by atoms with E-state index in [0.29, 0.717) is 12.8 Å². The number of hydrogen-bond acceptors (Lipinski definition) is 2. The Balaban J connectivity index is -0.000000846. The molecular weight excluding hydrogens is 700 g/mol. The van der Waals surface area contributed by atoms with E-state index in [1.807, 2.05) is 0 Å². The van der Waals surface area contributed by atoms with Crippen LogP contribution < -0.4 is 0 Å². The second-order valence-corrected chi connectivity index (χ2v) is 15.0. The van der Waals surface area contributed by atoms with Gasteiger partial charge in [0.15, 0.2) is 0 Å². The number of rotatable bonds is 40. The maximum atomic E-state index is 10.4. The first-order valence-electron chi connectivity index (χ1n) is 22.0. The molecule has 0 aliphatic rings. The van der Waals surface area contributed by atoms with Gasteiger partial charge in [-0.05, 0) is 12.8 Å². The Hall–Kier alpha value is -0.320. The third-order valence-electron chi connectivity index (χ3n) is 9.99. The molecule has 0 aromatic rings. The Morgan fingerprint density at radius 2 is 0.388 bits per heavy atom. The van der Waals surface area contributed by atoms with E-state index in [1.165, 1.54) is 218 Å². The fraction of sp³-hybridized carbons (Fsp3) is 0.955. The number of unbranched alkanes of at least 4 members (excludes halogenated alkanes) is 36. The number of carbonyl (C=O) groups is 2. The number of carboxylic acid groups (broad SMARTS) is 2. The van der Waals surface area contributed by atoms with Crippen LogP contribution in [0.1, 0.15) is 271 Å². The van der Waals surface area contributed by atoms with Gasteiger partial charge in [0.1, 0.15) is 0 Å². The van der Waals surface area contributed by atoms with Gasteiger partial charge < -0.3 is 10.2 Å². The summed E-state index contributed by atoms with van der Waals surface area (Å²) in [7, 11) is 0. The van der Waals surface area contributed by atoms with Crippen molar-refractivity contribution in [2.24, 2.45) is 0 Å². The molecule has 299 valence electrons. The van der Waals surface area contributed by atoms with Gasteiger partial charge in [0.25, 0.3) is 0 Å². The van der Waals surface area contributed by atoms with Gasteiger partial charge in [-0.25, -0.2) is 0 Å². The average molecular weight is 789 g/mol. The van der Waals surface area contributed by atoms with Crippen LogP contribution in [0.15, 0.2) is 0 Å². The molecule has 1 radical (unpaired) electrons. The van der Waals surface area contributed by atoms with Gasteiger partial charge in [0.2, 0.25) is 0 Å². The third kappa shape index (κ3) is 57.3. The summed E-state index contributed by atoms with van der Waals surface area (Å²) in [5.74, 6) is -1.30. The fourth-order valence-corrected chi connectivity index (χ4v) is 6.71. The molecule has 0 unspecified atom stereocenters. The second kappa shape index (κ2) is 49.8. The molecule has 0 aromatic heterocycles. The smallest absolute Gasteiger partial charge is 0.303 e. The predicted octanol–water partition coefficient (Wildman–Crippen LogP) is 15.8. The first-order valence-corrected chi connectivity index (χ1v) is 22.0. The van der Waals surface area contributed by atoms with Gasteiger partial charge in [0, 0.05) is 35.2 Å². The second-order valence-electron chi connectivity index (χ2n) is 15.0. The van der Waals surface area contributed by atoms with Gasteiger partial charge in [-0.3, -0.25) is 9.59 Å². The van der Waals surface area contributed by atoms with Crippen LogP contribution in [-0.2, 0) is 32.0 Å². The summed E-state index contributed by atoms with van der Waals surface area (Å²) in [6.07, 6.45) is 52.2. The number of aliphatic carboxylic acids is 2. The minimum absolute atomic E-state index is 0. The maximum Gasteiger partial charge on any atom is 0.303 e. The number of hydrogen-bond donors (Lipinski definition) is 2. The van der Waals surface area contributed by atoms with Crippen molar-refractivity contribution in [2.75, 3.05) is 0 Å². The van der Waals surface area contributed by atoms with E-state index in [9.17, 15) is 9.59 Å². The van der Waals surface area contributed by atoms with Crippen LogP contribution in [0.2, 0.25) is 0 Å². The molecule has 0 saturated carbocycles. The molecule has 0 amide bonds. The van der Waals surface area contributed by atoms with Gasteiger partial charge >= 0.3 is 11.9 Å². The minimum atomic E-state index is -0.651. The van der Waals surface area contributed by atoms with Gasteiger partial charge in [0.05, 0.1) is 0 Å². The summed E-state index contributed by atoms with van der Waals surface area (Å²) in [5, 5.41) is 17.1. The van der Waals surface area contributed by atoms with E-state index >= 15 is 0 Å². The average Bonchev–Trinajstić information content (AvgIpc) is 3.07. The molecule has 0 rings (SSSR count). The van der Waals surface area contributed by atoms with Crippen molar-refractivity contribution in [2.45, 2.75) is 271 Å². The Morgan fingerprint density at radius 3 is 0.510 bits per heavy atom.